The van der Waals surface area contributed by atoms with Crippen molar-refractivity contribution in [2.75, 3.05) is 26.4 Å². The van der Waals surface area contributed by atoms with Gasteiger partial charge in [0.25, 0.3) is 0 Å². The van der Waals surface area contributed by atoms with Crippen LogP contribution in [0, 0.1) is 13.8 Å². The number of epoxide rings is 1. The molecule has 0 amide bonds. The van der Waals surface area contributed by atoms with E-state index in [9.17, 15) is 19.0 Å². The SMILES string of the molecule is CC/C=C\CC1OC1C/C=C\C/C=C\C/C=C\C/C=C\CCC(=O)OC[C@H](COP(=O)(O)OCCN)OC(=O)CCCCCCCCCCCCc1oc(CCCCC)c(C)c1C. The van der Waals surface area contributed by atoms with Crippen molar-refractivity contribution < 1.29 is 46.7 Å². The highest BCUT2D eigenvalue weighted by atomic mass is 31.2. The molecule has 0 aliphatic carbocycles. The van der Waals surface area contributed by atoms with Crippen LogP contribution in [0.4, 0.5) is 0 Å². The van der Waals surface area contributed by atoms with E-state index >= 15 is 0 Å². The van der Waals surface area contributed by atoms with Crippen molar-refractivity contribution >= 4 is 19.8 Å². The third kappa shape index (κ3) is 29.2. The molecule has 3 unspecified atom stereocenters. The highest BCUT2D eigenvalue weighted by Gasteiger charge is 2.36. The number of aryl methyl sites for hydroxylation is 2. The third-order valence-corrected chi connectivity index (χ3v) is 12.0. The van der Waals surface area contributed by atoms with Crippen molar-refractivity contribution in [3.8, 4) is 0 Å². The molecule has 2 heterocycles. The molecule has 1 saturated heterocycles. The Balaban J connectivity index is 1.55. The van der Waals surface area contributed by atoms with E-state index in [1.165, 1.54) is 80.4 Å². The molecule has 1 aromatic heterocycles. The monoisotopic (exact) mass is 902 g/mol. The van der Waals surface area contributed by atoms with Crippen molar-refractivity contribution in [3.05, 3.63) is 83.4 Å². The molecule has 0 aromatic carbocycles. The maximum atomic E-state index is 12.7. The molecule has 0 bridgehead atoms. The minimum atomic E-state index is -4.41. The predicted molar refractivity (Wildman–Crippen MR) is 254 cm³/mol. The zero-order chi connectivity index (χ0) is 45.8. The van der Waals surface area contributed by atoms with E-state index in [2.05, 4.69) is 76.3 Å². The Kier molecular flexibility index (Phi) is 32.2. The van der Waals surface area contributed by atoms with Gasteiger partial charge in [0.05, 0.1) is 25.4 Å². The Morgan fingerprint density at radius 1 is 0.667 bits per heavy atom. The lowest BCUT2D eigenvalue weighted by Crippen LogP contribution is -2.29. The molecule has 1 aromatic rings. The van der Waals surface area contributed by atoms with Crippen LogP contribution in [0.2, 0.25) is 0 Å². The third-order valence-electron chi connectivity index (χ3n) is 11.0. The summed E-state index contributed by atoms with van der Waals surface area (Å²) in [5.41, 5.74) is 8.04. The van der Waals surface area contributed by atoms with E-state index in [0.717, 1.165) is 70.6 Å². The molecule has 0 spiro atoms. The number of furan rings is 1. The van der Waals surface area contributed by atoms with Crippen molar-refractivity contribution in [2.24, 2.45) is 5.73 Å². The van der Waals surface area contributed by atoms with Crippen molar-refractivity contribution in [2.45, 2.75) is 200 Å². The quantitative estimate of drug-likeness (QED) is 0.0212. The highest BCUT2D eigenvalue weighted by Crippen LogP contribution is 2.43. The summed E-state index contributed by atoms with van der Waals surface area (Å²) in [7, 11) is -4.41. The van der Waals surface area contributed by atoms with Crippen molar-refractivity contribution in [3.63, 3.8) is 0 Å². The summed E-state index contributed by atoms with van der Waals surface area (Å²) in [6.45, 7) is 7.86. The number of allylic oxidation sites excluding steroid dienone is 8. The van der Waals surface area contributed by atoms with Crippen LogP contribution in [0.15, 0.2) is 65.2 Å². The standard InChI is InChI=1S/C51H84NO10P/c1-5-7-27-33-46-43(3)44(4)47(61-46)34-29-23-19-15-13-14-18-22-26-32-38-51(54)60-45(42-59-63(55,56)58-40-39-52)41-57-50(53)37-31-25-21-17-12-10-9-11-16-20-24-30-36-49-48(62-49)35-28-8-6-2/h8,10-12,16,21,24-25,28,30,45,48-49H,5-7,9,13-15,17-20,22-23,26-27,29,31-42,52H2,1-4H3,(H,55,56)/b12-10-,16-11-,25-21-,28-8-,30-24-/t45-,48?,49?/m1/s1. The molecule has 1 fully saturated rings. The smallest absolute Gasteiger partial charge is 0.466 e. The number of carbonyl (C=O) groups excluding carboxylic acids is 2. The van der Waals surface area contributed by atoms with Gasteiger partial charge in [-0.25, -0.2) is 4.57 Å². The normalized spacial score (nSPS) is 16.9. The van der Waals surface area contributed by atoms with E-state index in [1.54, 1.807) is 0 Å². The van der Waals surface area contributed by atoms with Crippen LogP contribution in [0.3, 0.4) is 0 Å². The van der Waals surface area contributed by atoms with E-state index in [0.29, 0.717) is 25.0 Å². The second-order valence-corrected chi connectivity index (χ2v) is 18.0. The summed E-state index contributed by atoms with van der Waals surface area (Å²) in [5.74, 6) is 1.41. The Hall–Kier alpha value is -3.05. The van der Waals surface area contributed by atoms with E-state index in [-0.39, 0.29) is 32.6 Å². The Morgan fingerprint density at radius 2 is 1.19 bits per heavy atom. The summed E-state index contributed by atoms with van der Waals surface area (Å²) in [4.78, 5) is 35.1. The number of phosphoric ester groups is 1. The van der Waals surface area contributed by atoms with Gasteiger partial charge in [-0.05, 0) is 89.2 Å². The second-order valence-electron chi connectivity index (χ2n) is 16.6. The van der Waals surface area contributed by atoms with Crippen LogP contribution < -0.4 is 5.73 Å². The largest absolute Gasteiger partial charge is 0.472 e. The maximum absolute atomic E-state index is 12.7. The number of hydrogen-bond donors (Lipinski definition) is 2. The average Bonchev–Trinajstić information content (AvgIpc) is 3.97. The number of unbranched alkanes of at least 4 members (excludes halogenated alkanes) is 11. The Morgan fingerprint density at radius 3 is 1.76 bits per heavy atom. The molecule has 0 radical (unpaired) electrons. The van der Waals surface area contributed by atoms with Crippen LogP contribution in [-0.4, -0.2) is 61.5 Å². The minimum Gasteiger partial charge on any atom is -0.466 e. The molecule has 63 heavy (non-hydrogen) atoms. The molecule has 4 atom stereocenters. The van der Waals surface area contributed by atoms with Gasteiger partial charge < -0.3 is 29.3 Å². The number of nitrogens with two attached hydrogens (primary N) is 1. The zero-order valence-electron chi connectivity index (χ0n) is 39.5. The summed E-state index contributed by atoms with van der Waals surface area (Å²) in [6, 6.07) is 0. The first-order valence-corrected chi connectivity index (χ1v) is 25.7. The molecular formula is C51H84NO10P. The number of ether oxygens (including phenoxy) is 3. The molecule has 0 saturated carbocycles. The van der Waals surface area contributed by atoms with Crippen LogP contribution in [-0.2, 0) is 50.3 Å². The zero-order valence-corrected chi connectivity index (χ0v) is 40.3. The van der Waals surface area contributed by atoms with Gasteiger partial charge in [0.15, 0.2) is 6.10 Å². The number of phosphoric acid groups is 1. The summed E-state index contributed by atoms with van der Waals surface area (Å²) < 4.78 is 44.8. The number of hydrogen-bond acceptors (Lipinski definition) is 10. The number of esters is 2. The first-order chi connectivity index (χ1) is 30.6. The molecule has 358 valence electrons. The van der Waals surface area contributed by atoms with E-state index in [4.69, 9.17) is 33.4 Å². The van der Waals surface area contributed by atoms with Gasteiger partial charge in [0.2, 0.25) is 0 Å². The van der Waals surface area contributed by atoms with Crippen LogP contribution in [0.25, 0.3) is 0 Å². The highest BCUT2D eigenvalue weighted by molar-refractivity contribution is 7.47. The van der Waals surface area contributed by atoms with Crippen molar-refractivity contribution in [1.82, 2.24) is 0 Å². The fourth-order valence-corrected chi connectivity index (χ4v) is 7.82. The summed E-state index contributed by atoms with van der Waals surface area (Å²) in [5, 5.41) is 0. The fourth-order valence-electron chi connectivity index (χ4n) is 7.06. The van der Waals surface area contributed by atoms with Gasteiger partial charge in [0.1, 0.15) is 18.1 Å². The molecule has 11 nitrogen and oxygen atoms in total. The first kappa shape index (κ1) is 56.1. The fraction of sp³-hybridized carbons (Fsp3) is 0.686. The van der Waals surface area contributed by atoms with Gasteiger partial charge in [0, 0.05) is 32.2 Å². The topological polar surface area (TPSA) is 160 Å². The first-order valence-electron chi connectivity index (χ1n) is 24.2. The second kappa shape index (κ2) is 36.2. The number of carbonyl (C=O) groups is 2. The molecule has 3 N–H and O–H groups in total. The molecule has 1 aliphatic rings. The van der Waals surface area contributed by atoms with Crippen LogP contribution in [0.1, 0.15) is 178 Å². The average molecular weight is 902 g/mol. The molecule has 2 rings (SSSR count). The van der Waals surface area contributed by atoms with Gasteiger partial charge >= 0.3 is 19.8 Å². The van der Waals surface area contributed by atoms with Gasteiger partial charge in [-0.1, -0.05) is 139 Å². The molecule has 12 heteroatoms. The lowest BCUT2D eigenvalue weighted by atomic mass is 10.0. The van der Waals surface area contributed by atoms with Crippen LogP contribution >= 0.6 is 7.82 Å². The summed E-state index contributed by atoms with van der Waals surface area (Å²) >= 11 is 0. The predicted octanol–water partition coefficient (Wildman–Crippen LogP) is 12.7. The van der Waals surface area contributed by atoms with Crippen molar-refractivity contribution in [1.29, 1.82) is 0 Å². The van der Waals surface area contributed by atoms with Gasteiger partial charge in [-0.15, -0.1) is 0 Å². The lowest BCUT2D eigenvalue weighted by Gasteiger charge is -2.19. The molecular weight excluding hydrogens is 818 g/mol. The minimum absolute atomic E-state index is 0.0342. The maximum Gasteiger partial charge on any atom is 0.472 e. The van der Waals surface area contributed by atoms with Crippen LogP contribution in [0.5, 0.6) is 0 Å². The Labute approximate surface area is 380 Å². The Bertz CT molecular complexity index is 1560. The lowest BCUT2D eigenvalue weighted by molar-refractivity contribution is -0.161. The van der Waals surface area contributed by atoms with E-state index < -0.39 is 32.5 Å². The van der Waals surface area contributed by atoms with Gasteiger partial charge in [-0.2, -0.15) is 0 Å². The number of rotatable bonds is 40. The molecule has 1 aliphatic heterocycles. The van der Waals surface area contributed by atoms with E-state index in [1.807, 2.05) is 12.2 Å². The summed E-state index contributed by atoms with van der Waals surface area (Å²) in [6.07, 6.45) is 44.1. The van der Waals surface area contributed by atoms with Gasteiger partial charge in [-0.3, -0.25) is 18.6 Å².